The zero-order chi connectivity index (χ0) is 26.0. The second-order valence-corrected chi connectivity index (χ2v) is 11.6. The molecule has 196 valence electrons. The lowest BCUT2D eigenvalue weighted by Crippen LogP contribution is -2.28. The van der Waals surface area contributed by atoms with Crippen molar-refractivity contribution in [1.29, 1.82) is 5.41 Å². The van der Waals surface area contributed by atoms with Crippen LogP contribution in [0, 0.1) is 5.41 Å². The molecule has 2 aromatic carbocycles. The predicted molar refractivity (Wildman–Crippen MR) is 153 cm³/mol. The molecule has 0 aliphatic carbocycles. The van der Waals surface area contributed by atoms with Gasteiger partial charge in [-0.2, -0.15) is 0 Å². The van der Waals surface area contributed by atoms with Crippen LogP contribution in [-0.2, 0) is 30.3 Å². The molecule has 0 unspecified atom stereocenters. The molecule has 0 saturated carbocycles. The van der Waals surface area contributed by atoms with Crippen LogP contribution in [0.15, 0.2) is 48.8 Å². The molecule has 0 spiro atoms. The summed E-state index contributed by atoms with van der Waals surface area (Å²) < 4.78 is 3.58. The first-order valence-corrected chi connectivity index (χ1v) is 12.6. The van der Waals surface area contributed by atoms with E-state index in [2.05, 4.69) is 25.1 Å². The van der Waals surface area contributed by atoms with Crippen molar-refractivity contribution in [2.75, 3.05) is 0 Å². The van der Waals surface area contributed by atoms with Crippen molar-refractivity contribution in [3.8, 4) is 5.75 Å². The first kappa shape index (κ1) is 29.6. The number of nitrogens with zero attached hydrogens (tertiary/aromatic N) is 2. The Hall–Kier alpha value is -2.60. The van der Waals surface area contributed by atoms with Crippen LogP contribution < -0.4 is 5.62 Å². The second-order valence-electron chi connectivity index (χ2n) is 11.6. The van der Waals surface area contributed by atoms with Gasteiger partial charge in [0.2, 0.25) is 5.62 Å². The number of imidazole rings is 1. The zero-order valence-corrected chi connectivity index (χ0v) is 24.5. The second kappa shape index (κ2) is 11.6. The summed E-state index contributed by atoms with van der Waals surface area (Å²) in [6.45, 7) is 15.1. The molecule has 0 aliphatic heterocycles. The zero-order valence-electron chi connectivity index (χ0n) is 22.8. The predicted octanol–water partition coefficient (Wildman–Crippen LogP) is 6.92. The average Bonchev–Trinajstić information content (AvgIpc) is 3.10. The van der Waals surface area contributed by atoms with Crippen molar-refractivity contribution in [1.82, 2.24) is 9.13 Å². The van der Waals surface area contributed by atoms with Gasteiger partial charge in [-0.15, -0.1) is 17.0 Å². The van der Waals surface area contributed by atoms with Gasteiger partial charge in [-0.25, -0.2) is 0 Å². The Kier molecular flexibility index (Phi) is 9.58. The van der Waals surface area contributed by atoms with Gasteiger partial charge in [0, 0.05) is 29.1 Å². The van der Waals surface area contributed by atoms with Gasteiger partial charge < -0.3 is 14.2 Å². The van der Waals surface area contributed by atoms with E-state index in [-0.39, 0.29) is 45.9 Å². The Morgan fingerprint density at radius 3 is 1.97 bits per heavy atom. The molecule has 1 heterocycles. The lowest BCUT2D eigenvalue weighted by Gasteiger charge is -2.28. The lowest BCUT2D eigenvalue weighted by molar-refractivity contribution is 0.0969. The van der Waals surface area contributed by atoms with Crippen LogP contribution in [0.3, 0.4) is 0 Å². The maximum atomic E-state index is 13.4. The first-order chi connectivity index (χ1) is 16.3. The highest BCUT2D eigenvalue weighted by Gasteiger charge is 2.28. The Bertz CT molecular complexity index is 1220. The minimum Gasteiger partial charge on any atom is -0.507 e. The summed E-state index contributed by atoms with van der Waals surface area (Å²) in [6, 6.07) is 12.0. The van der Waals surface area contributed by atoms with Crippen LogP contribution in [0.4, 0.5) is 0 Å². The Morgan fingerprint density at radius 1 is 0.917 bits per heavy atom. The number of hydrogen-bond acceptors (Lipinski definition) is 3. The molecule has 0 fully saturated rings. The van der Waals surface area contributed by atoms with Gasteiger partial charge in [0.25, 0.3) is 0 Å². The third-order valence-corrected chi connectivity index (χ3v) is 6.59. The monoisotopic (exact) mass is 555 g/mol. The average molecular weight is 557 g/mol. The van der Waals surface area contributed by atoms with Crippen LogP contribution >= 0.6 is 17.0 Å². The molecule has 3 rings (SSSR count). The van der Waals surface area contributed by atoms with Gasteiger partial charge in [-0.05, 0) is 46.9 Å². The number of phenols is 1. The number of hydrogen-bond donors (Lipinski definition) is 2. The molecule has 6 heteroatoms. The number of carbonyl (C=O) groups is 1. The number of ketones is 1. The number of unbranched alkanes of at least 4 members (excludes halogenated alkanes) is 1. The SMILES string of the molecule is Br.CCCCc1ccccc1Cn1ccn(CC(=O)c2cc(C(C)(C)C)c(O)c(C(C)(C)C)c2)c1=N. The summed E-state index contributed by atoms with van der Waals surface area (Å²) in [7, 11) is 0. The number of nitrogens with one attached hydrogen (secondary N) is 1. The number of aromatic hydroxyl groups is 1. The topological polar surface area (TPSA) is 71.0 Å². The Morgan fingerprint density at radius 2 is 1.44 bits per heavy atom. The van der Waals surface area contributed by atoms with E-state index in [0.717, 1.165) is 30.4 Å². The van der Waals surface area contributed by atoms with E-state index >= 15 is 0 Å². The minimum atomic E-state index is -0.303. The molecular weight excluding hydrogens is 514 g/mol. The fourth-order valence-electron chi connectivity index (χ4n) is 4.41. The van der Waals surface area contributed by atoms with E-state index in [9.17, 15) is 9.90 Å². The van der Waals surface area contributed by atoms with E-state index < -0.39 is 0 Å². The Labute approximate surface area is 226 Å². The number of benzene rings is 2. The number of aromatic nitrogens is 2. The highest BCUT2D eigenvalue weighted by atomic mass is 79.9. The van der Waals surface area contributed by atoms with Crippen LogP contribution in [0.5, 0.6) is 5.75 Å². The van der Waals surface area contributed by atoms with Crippen molar-refractivity contribution in [2.24, 2.45) is 0 Å². The van der Waals surface area contributed by atoms with Crippen molar-refractivity contribution in [2.45, 2.75) is 91.6 Å². The standard InChI is InChI=1S/C30H41N3O2.BrH/c1-8-9-12-21-13-10-11-14-22(21)19-32-15-16-33(28(32)31)20-26(34)23-17-24(29(2,3)4)27(35)25(18-23)30(5,6)7;/h10-11,13-18,31,35H,8-9,12,19-20H2,1-7H3;1H. The molecule has 0 saturated heterocycles. The molecule has 36 heavy (non-hydrogen) atoms. The van der Waals surface area contributed by atoms with E-state index in [1.807, 2.05) is 76.7 Å². The maximum absolute atomic E-state index is 13.4. The van der Waals surface area contributed by atoms with Gasteiger partial charge in [-0.1, -0.05) is 79.2 Å². The summed E-state index contributed by atoms with van der Waals surface area (Å²) in [5.74, 6) is 0.198. The highest BCUT2D eigenvalue weighted by molar-refractivity contribution is 8.93. The molecule has 0 atom stereocenters. The van der Waals surface area contributed by atoms with Gasteiger partial charge in [-0.3, -0.25) is 10.2 Å². The summed E-state index contributed by atoms with van der Waals surface area (Å²) in [5.41, 5.74) is 4.34. The molecule has 1 aromatic heterocycles. The number of halogens is 1. The maximum Gasteiger partial charge on any atom is 0.202 e. The lowest BCUT2D eigenvalue weighted by atomic mass is 9.78. The summed E-state index contributed by atoms with van der Waals surface area (Å²) >= 11 is 0. The number of carbonyl (C=O) groups excluding carboxylic acids is 1. The van der Waals surface area contributed by atoms with Crippen LogP contribution in [0.1, 0.15) is 93.9 Å². The van der Waals surface area contributed by atoms with Crippen LogP contribution in [0.25, 0.3) is 0 Å². The van der Waals surface area contributed by atoms with Crippen LogP contribution in [-0.4, -0.2) is 20.0 Å². The van der Waals surface area contributed by atoms with Crippen molar-refractivity contribution in [3.63, 3.8) is 0 Å². The fourth-order valence-corrected chi connectivity index (χ4v) is 4.41. The largest absolute Gasteiger partial charge is 0.507 e. The van der Waals surface area contributed by atoms with E-state index in [0.29, 0.717) is 17.7 Å². The van der Waals surface area contributed by atoms with E-state index in [1.54, 1.807) is 4.57 Å². The number of phenolic OH excluding ortho intramolecular Hbond substituents is 1. The summed E-state index contributed by atoms with van der Waals surface area (Å²) in [6.07, 6.45) is 7.01. The van der Waals surface area contributed by atoms with Gasteiger partial charge in [0.15, 0.2) is 5.78 Å². The van der Waals surface area contributed by atoms with Gasteiger partial charge >= 0.3 is 0 Å². The Balaban J connectivity index is 0.00000456. The fraction of sp³-hybridized carbons (Fsp3) is 0.467. The molecule has 0 bridgehead atoms. The first-order valence-electron chi connectivity index (χ1n) is 12.6. The molecule has 0 radical (unpaired) electrons. The number of aryl methyl sites for hydroxylation is 1. The molecule has 0 amide bonds. The normalized spacial score (nSPS) is 11.9. The van der Waals surface area contributed by atoms with E-state index in [1.165, 1.54) is 11.1 Å². The molecular formula is C30H42BrN3O2. The van der Waals surface area contributed by atoms with Gasteiger partial charge in [0.05, 0.1) is 13.1 Å². The number of rotatable bonds is 8. The smallest absolute Gasteiger partial charge is 0.202 e. The highest BCUT2D eigenvalue weighted by Crippen LogP contribution is 2.39. The van der Waals surface area contributed by atoms with Crippen molar-refractivity contribution >= 4 is 22.8 Å². The number of Topliss-reactive ketones (excluding diaryl/α,β-unsaturated/α-hetero) is 1. The quantitative estimate of drug-likeness (QED) is 0.296. The van der Waals surface area contributed by atoms with Crippen molar-refractivity contribution in [3.05, 3.63) is 82.2 Å². The van der Waals surface area contributed by atoms with E-state index in [4.69, 9.17) is 5.41 Å². The molecule has 3 aromatic rings. The van der Waals surface area contributed by atoms with Gasteiger partial charge in [0.1, 0.15) is 5.75 Å². The van der Waals surface area contributed by atoms with Crippen LogP contribution in [0.2, 0.25) is 0 Å². The molecule has 5 nitrogen and oxygen atoms in total. The summed E-state index contributed by atoms with van der Waals surface area (Å²) in [5, 5.41) is 19.7. The van der Waals surface area contributed by atoms with Crippen molar-refractivity contribution < 1.29 is 9.90 Å². The third kappa shape index (κ3) is 6.78. The molecule has 0 aliphatic rings. The minimum absolute atomic E-state index is 0. The third-order valence-electron chi connectivity index (χ3n) is 6.59. The molecule has 2 N–H and O–H groups in total. The summed E-state index contributed by atoms with van der Waals surface area (Å²) in [4.78, 5) is 13.4.